The van der Waals surface area contributed by atoms with Crippen molar-refractivity contribution >= 4 is 16.6 Å². The highest BCUT2D eigenvalue weighted by Gasteiger charge is 2.56. The van der Waals surface area contributed by atoms with Crippen LogP contribution in [-0.4, -0.2) is 37.0 Å². The molecule has 4 nitrogen and oxygen atoms in total. The first-order chi connectivity index (χ1) is 14.9. The second kappa shape index (κ2) is 8.35. The monoisotopic (exact) mass is 476 g/mol. The lowest BCUT2D eigenvalue weighted by Gasteiger charge is -2.51. The lowest BCUT2D eigenvalue weighted by Crippen LogP contribution is -2.47. The number of hydrogen-bond acceptors (Lipinski definition) is 4. The van der Waals surface area contributed by atoms with Gasteiger partial charge in [-0.3, -0.25) is 0 Å². The van der Waals surface area contributed by atoms with Gasteiger partial charge in [0.1, 0.15) is 0 Å². The Morgan fingerprint density at radius 1 is 0.875 bits per heavy atom. The quantitative estimate of drug-likeness (QED) is 0.414. The van der Waals surface area contributed by atoms with Gasteiger partial charge < -0.3 is 18.3 Å². The van der Waals surface area contributed by atoms with Crippen molar-refractivity contribution in [2.75, 3.05) is 14.2 Å². The van der Waals surface area contributed by atoms with Gasteiger partial charge in [0.25, 0.3) is 0 Å². The molecule has 1 aromatic rings. The van der Waals surface area contributed by atoms with E-state index < -0.39 is 16.6 Å². The maximum Gasteiger partial charge on any atom is 0.242 e. The SMILES string of the molecule is COc1c(O[Si](C)(C)C)cc2c(c1OC)CC[C@@H]1[C@@H]2CC[C@]2(C)[C@@H](O[Si](C)(C)C)CC[C@@H]12. The predicted molar refractivity (Wildman–Crippen MR) is 136 cm³/mol. The maximum atomic E-state index is 6.75. The van der Waals surface area contributed by atoms with E-state index in [1.807, 2.05) is 0 Å². The molecular weight excluding hydrogens is 432 g/mol. The molecule has 3 aliphatic rings. The fourth-order valence-corrected chi connectivity index (χ4v) is 9.09. The third-order valence-corrected chi connectivity index (χ3v) is 9.96. The molecular formula is C26H44O4Si2. The molecule has 0 saturated heterocycles. The summed E-state index contributed by atoms with van der Waals surface area (Å²) in [6.45, 7) is 16.2. The Kier molecular flexibility index (Phi) is 6.30. The van der Waals surface area contributed by atoms with E-state index in [4.69, 9.17) is 18.3 Å². The largest absolute Gasteiger partial charge is 0.542 e. The Bertz CT molecular complexity index is 857. The van der Waals surface area contributed by atoms with E-state index in [9.17, 15) is 0 Å². The average Bonchev–Trinajstić information content (AvgIpc) is 3.00. The van der Waals surface area contributed by atoms with Gasteiger partial charge >= 0.3 is 0 Å². The average molecular weight is 477 g/mol. The summed E-state index contributed by atoms with van der Waals surface area (Å²) in [6.07, 6.45) is 7.79. The fraction of sp³-hybridized carbons (Fsp3) is 0.769. The standard InChI is InChI=1S/C26H44O4Si2/c1-26-15-14-17-18(21(26)12-13-23(26)30-32(7,8)9)10-11-19-20(17)16-22(29-31(4,5)6)25(28-3)24(19)27-2/h16-18,21,23H,10-15H2,1-9H3/t17-,18+,21-,23-,26-/m0/s1. The topological polar surface area (TPSA) is 36.9 Å². The molecule has 5 atom stereocenters. The lowest BCUT2D eigenvalue weighted by atomic mass is 9.55. The van der Waals surface area contributed by atoms with Gasteiger partial charge in [-0.15, -0.1) is 0 Å². The number of fused-ring (bicyclic) bond motifs is 5. The third-order valence-electron chi connectivity index (χ3n) is 8.14. The number of methoxy groups -OCH3 is 2. The Labute approximate surface area is 197 Å². The molecule has 0 unspecified atom stereocenters. The maximum absolute atomic E-state index is 6.75. The summed E-state index contributed by atoms with van der Waals surface area (Å²) in [5, 5.41) is 0. The van der Waals surface area contributed by atoms with Crippen molar-refractivity contribution in [2.24, 2.45) is 17.3 Å². The lowest BCUT2D eigenvalue weighted by molar-refractivity contribution is -0.0142. The van der Waals surface area contributed by atoms with Gasteiger partial charge in [-0.05, 0) is 113 Å². The summed E-state index contributed by atoms with van der Waals surface area (Å²) in [4.78, 5) is 0. The molecule has 0 aliphatic heterocycles. The molecule has 4 rings (SSSR count). The van der Waals surface area contributed by atoms with Crippen LogP contribution in [0.4, 0.5) is 0 Å². The molecule has 6 heteroatoms. The molecule has 180 valence electrons. The molecule has 0 spiro atoms. The summed E-state index contributed by atoms with van der Waals surface area (Å²) in [5.41, 5.74) is 3.14. The zero-order chi connectivity index (χ0) is 23.5. The number of benzene rings is 1. The Balaban J connectivity index is 1.71. The minimum absolute atomic E-state index is 0.327. The van der Waals surface area contributed by atoms with Crippen LogP contribution in [0, 0.1) is 17.3 Å². The van der Waals surface area contributed by atoms with Crippen molar-refractivity contribution in [1.82, 2.24) is 0 Å². The third kappa shape index (κ3) is 4.27. The summed E-state index contributed by atoms with van der Waals surface area (Å²) >= 11 is 0. The highest BCUT2D eigenvalue weighted by atomic mass is 28.4. The van der Waals surface area contributed by atoms with E-state index in [-0.39, 0.29) is 0 Å². The van der Waals surface area contributed by atoms with E-state index in [0.29, 0.717) is 17.4 Å². The van der Waals surface area contributed by atoms with E-state index in [1.165, 1.54) is 43.2 Å². The minimum atomic E-state index is -1.78. The van der Waals surface area contributed by atoms with Crippen LogP contribution >= 0.6 is 0 Å². The molecule has 0 N–H and O–H groups in total. The molecule has 0 amide bonds. The smallest absolute Gasteiger partial charge is 0.242 e. The first-order valence-electron chi connectivity index (χ1n) is 12.5. The molecule has 2 saturated carbocycles. The number of ether oxygens (including phenoxy) is 2. The molecule has 0 heterocycles. The van der Waals surface area contributed by atoms with Crippen LogP contribution in [0.1, 0.15) is 56.1 Å². The summed E-state index contributed by atoms with van der Waals surface area (Å²) in [6, 6.07) is 2.32. The van der Waals surface area contributed by atoms with Crippen LogP contribution in [-0.2, 0) is 10.8 Å². The van der Waals surface area contributed by atoms with Crippen LogP contribution in [0.15, 0.2) is 6.07 Å². The zero-order valence-electron chi connectivity index (χ0n) is 21.8. The highest BCUT2D eigenvalue weighted by molar-refractivity contribution is 6.70. The van der Waals surface area contributed by atoms with Crippen molar-refractivity contribution in [3.05, 3.63) is 17.2 Å². The Hall–Kier alpha value is -0.986. The molecule has 0 radical (unpaired) electrons. The van der Waals surface area contributed by atoms with Crippen molar-refractivity contribution in [1.29, 1.82) is 0 Å². The van der Waals surface area contributed by atoms with Gasteiger partial charge in [0.2, 0.25) is 14.1 Å². The van der Waals surface area contributed by atoms with E-state index >= 15 is 0 Å². The molecule has 1 aromatic carbocycles. The summed E-state index contributed by atoms with van der Waals surface area (Å²) in [5.74, 6) is 4.63. The minimum Gasteiger partial charge on any atom is -0.542 e. The van der Waals surface area contributed by atoms with Crippen molar-refractivity contribution in [3.8, 4) is 17.2 Å². The summed E-state index contributed by atoms with van der Waals surface area (Å²) < 4.78 is 25.0. The normalized spacial score (nSPS) is 32.0. The van der Waals surface area contributed by atoms with Crippen molar-refractivity contribution < 1.29 is 18.3 Å². The van der Waals surface area contributed by atoms with Gasteiger partial charge in [-0.25, -0.2) is 0 Å². The molecule has 2 fully saturated rings. The van der Waals surface area contributed by atoms with Crippen LogP contribution in [0.25, 0.3) is 0 Å². The fourth-order valence-electron chi connectivity index (χ4n) is 7.04. The number of hydrogen-bond donors (Lipinski definition) is 0. The second-order valence-electron chi connectivity index (χ2n) is 12.5. The van der Waals surface area contributed by atoms with Crippen LogP contribution < -0.4 is 13.9 Å². The molecule has 0 aromatic heterocycles. The van der Waals surface area contributed by atoms with Gasteiger partial charge in [0, 0.05) is 5.56 Å². The Morgan fingerprint density at radius 2 is 1.56 bits per heavy atom. The molecule has 0 bridgehead atoms. The van der Waals surface area contributed by atoms with Gasteiger partial charge in [-0.1, -0.05) is 6.92 Å². The molecule has 3 aliphatic carbocycles. The van der Waals surface area contributed by atoms with Gasteiger partial charge in [0.15, 0.2) is 19.8 Å². The van der Waals surface area contributed by atoms with E-state index in [2.05, 4.69) is 52.3 Å². The van der Waals surface area contributed by atoms with Gasteiger partial charge in [-0.2, -0.15) is 0 Å². The van der Waals surface area contributed by atoms with Crippen LogP contribution in [0.2, 0.25) is 39.3 Å². The molecule has 32 heavy (non-hydrogen) atoms. The highest BCUT2D eigenvalue weighted by Crippen LogP contribution is 2.63. The van der Waals surface area contributed by atoms with E-state index in [0.717, 1.165) is 35.5 Å². The summed E-state index contributed by atoms with van der Waals surface area (Å²) in [7, 11) is 0.179. The van der Waals surface area contributed by atoms with Crippen molar-refractivity contribution in [3.63, 3.8) is 0 Å². The van der Waals surface area contributed by atoms with Crippen molar-refractivity contribution in [2.45, 2.75) is 96.8 Å². The van der Waals surface area contributed by atoms with Gasteiger partial charge in [0.05, 0.1) is 20.3 Å². The zero-order valence-corrected chi connectivity index (χ0v) is 23.8. The number of rotatable bonds is 6. The van der Waals surface area contributed by atoms with Crippen LogP contribution in [0.5, 0.6) is 17.2 Å². The first-order valence-corrected chi connectivity index (χ1v) is 19.3. The second-order valence-corrected chi connectivity index (χ2v) is 21.4. The van der Waals surface area contributed by atoms with Crippen LogP contribution in [0.3, 0.4) is 0 Å². The Morgan fingerprint density at radius 3 is 2.16 bits per heavy atom. The van der Waals surface area contributed by atoms with E-state index in [1.54, 1.807) is 14.2 Å². The predicted octanol–water partition coefficient (Wildman–Crippen LogP) is 6.99. The first kappa shape index (κ1) is 24.1.